The summed E-state index contributed by atoms with van der Waals surface area (Å²) in [6, 6.07) is 0. The molecule has 0 aromatic carbocycles. The lowest BCUT2D eigenvalue weighted by atomic mass is 10.3. The van der Waals surface area contributed by atoms with E-state index in [0.717, 1.165) is 5.92 Å². The summed E-state index contributed by atoms with van der Waals surface area (Å²) >= 11 is 0. The molecule has 66 valence electrons. The highest BCUT2D eigenvalue weighted by Crippen LogP contribution is 2.25. The lowest BCUT2D eigenvalue weighted by Crippen LogP contribution is -2.14. The Bertz CT molecular complexity index is 136. The van der Waals surface area contributed by atoms with Crippen molar-refractivity contribution in [2.24, 2.45) is 5.92 Å². The van der Waals surface area contributed by atoms with Gasteiger partial charge in [0, 0.05) is 18.8 Å². The Morgan fingerprint density at radius 2 is 1.91 bits per heavy atom. The first kappa shape index (κ1) is 9.27. The van der Waals surface area contributed by atoms with Crippen molar-refractivity contribution in [3.8, 4) is 0 Å². The van der Waals surface area contributed by atoms with Gasteiger partial charge in [-0.1, -0.05) is 19.7 Å². The van der Waals surface area contributed by atoms with E-state index in [1.165, 1.54) is 31.7 Å². The second-order valence-corrected chi connectivity index (χ2v) is 5.43. The van der Waals surface area contributed by atoms with E-state index in [1.54, 1.807) is 0 Å². The van der Waals surface area contributed by atoms with E-state index in [0.29, 0.717) is 10.7 Å². The van der Waals surface area contributed by atoms with E-state index in [1.807, 2.05) is 0 Å². The predicted molar refractivity (Wildman–Crippen MR) is 55.2 cm³/mol. The van der Waals surface area contributed by atoms with Crippen LogP contribution in [0, 0.1) is 5.92 Å². The minimum absolute atomic E-state index is 0.308. The second kappa shape index (κ2) is 4.27. The monoisotopic (exact) mass is 173 g/mol. The van der Waals surface area contributed by atoms with Crippen LogP contribution in [0.15, 0.2) is 0 Å². The largest absolute Gasteiger partial charge is 0.257 e. The third kappa shape index (κ3) is 2.96. The highest BCUT2D eigenvalue weighted by atomic mass is 32.2. The fourth-order valence-electron chi connectivity index (χ4n) is 1.44. The molecule has 0 spiro atoms. The average molecular weight is 173 g/mol. The van der Waals surface area contributed by atoms with Crippen LogP contribution in [0.2, 0.25) is 0 Å². The van der Waals surface area contributed by atoms with Crippen molar-refractivity contribution >= 4 is 16.5 Å². The van der Waals surface area contributed by atoms with Crippen LogP contribution in [0.25, 0.3) is 0 Å². The lowest BCUT2D eigenvalue weighted by molar-refractivity contribution is 0.578. The summed E-state index contributed by atoms with van der Waals surface area (Å²) in [7, 11) is 0.308. The summed E-state index contributed by atoms with van der Waals surface area (Å²) in [5.41, 5.74) is 0. The van der Waals surface area contributed by atoms with Crippen LogP contribution in [0.4, 0.5) is 0 Å². The zero-order valence-corrected chi connectivity index (χ0v) is 8.49. The quantitative estimate of drug-likeness (QED) is 0.592. The number of nitrogens with zero attached hydrogens (tertiary/aromatic N) is 1. The van der Waals surface area contributed by atoms with Crippen molar-refractivity contribution in [3.05, 3.63) is 0 Å². The topological polar surface area (TPSA) is 3.24 Å². The molecule has 0 bridgehead atoms. The molecule has 1 nitrogen and oxygen atoms in total. The van der Waals surface area contributed by atoms with E-state index in [-0.39, 0.29) is 0 Å². The lowest BCUT2D eigenvalue weighted by Gasteiger charge is -2.20. The van der Waals surface area contributed by atoms with E-state index < -0.39 is 0 Å². The van der Waals surface area contributed by atoms with Crippen LogP contribution in [0.5, 0.6) is 0 Å². The molecule has 0 aromatic heterocycles. The van der Waals surface area contributed by atoms with E-state index >= 15 is 0 Å². The molecule has 1 heterocycles. The van der Waals surface area contributed by atoms with Crippen molar-refractivity contribution in [1.82, 2.24) is 4.31 Å². The first-order valence-electron chi connectivity index (χ1n) is 4.46. The molecular formula is C9H19NS. The normalized spacial score (nSPS) is 22.8. The SMILES string of the molecule is C=S(CC(C)C)N1CCCC1. The van der Waals surface area contributed by atoms with Crippen LogP contribution in [-0.4, -0.2) is 29.0 Å². The summed E-state index contributed by atoms with van der Waals surface area (Å²) in [6.45, 7) is 7.14. The molecule has 2 heteroatoms. The number of hydrogen-bond donors (Lipinski definition) is 0. The molecule has 1 aliphatic rings. The zero-order chi connectivity index (χ0) is 8.27. The maximum absolute atomic E-state index is 4.21. The maximum atomic E-state index is 4.21. The van der Waals surface area contributed by atoms with E-state index in [9.17, 15) is 0 Å². The molecule has 1 fully saturated rings. The fraction of sp³-hybridized carbons (Fsp3) is 0.889. The van der Waals surface area contributed by atoms with Gasteiger partial charge in [-0.25, -0.2) is 0 Å². The van der Waals surface area contributed by atoms with Crippen molar-refractivity contribution in [2.75, 3.05) is 18.8 Å². The standard InChI is InChI=1S/C9H19NS/c1-9(2)8-11(3)10-6-4-5-7-10/h9H,3-8H2,1-2H3. The maximum Gasteiger partial charge on any atom is 0.00849 e. The van der Waals surface area contributed by atoms with Crippen LogP contribution >= 0.6 is 10.7 Å². The molecular weight excluding hydrogens is 154 g/mol. The smallest absolute Gasteiger partial charge is 0.00849 e. The molecule has 1 saturated heterocycles. The van der Waals surface area contributed by atoms with Gasteiger partial charge in [-0.05, 0) is 18.8 Å². The van der Waals surface area contributed by atoms with Crippen LogP contribution in [-0.2, 0) is 0 Å². The molecule has 0 amide bonds. The van der Waals surface area contributed by atoms with Crippen LogP contribution < -0.4 is 0 Å². The van der Waals surface area contributed by atoms with Gasteiger partial charge in [0.15, 0.2) is 0 Å². The Morgan fingerprint density at radius 1 is 1.36 bits per heavy atom. The molecule has 0 aromatic rings. The number of rotatable bonds is 3. The Labute approximate surface area is 72.8 Å². The molecule has 0 saturated carbocycles. The van der Waals surface area contributed by atoms with Gasteiger partial charge in [-0.2, -0.15) is 0 Å². The van der Waals surface area contributed by atoms with Gasteiger partial charge in [0.05, 0.1) is 0 Å². The predicted octanol–water partition coefficient (Wildman–Crippen LogP) is 2.35. The molecule has 1 rings (SSSR count). The Balaban J connectivity index is 2.28. The van der Waals surface area contributed by atoms with Gasteiger partial charge >= 0.3 is 0 Å². The second-order valence-electron chi connectivity index (χ2n) is 3.66. The highest BCUT2D eigenvalue weighted by Gasteiger charge is 2.13. The van der Waals surface area contributed by atoms with Crippen molar-refractivity contribution < 1.29 is 0 Å². The first-order chi connectivity index (χ1) is 5.20. The molecule has 0 N–H and O–H groups in total. The Hall–Kier alpha value is 0.180. The fourth-order valence-corrected chi connectivity index (χ4v) is 3.19. The molecule has 1 atom stereocenters. The summed E-state index contributed by atoms with van der Waals surface area (Å²) in [5, 5.41) is 0. The van der Waals surface area contributed by atoms with Crippen LogP contribution in [0.1, 0.15) is 26.7 Å². The summed E-state index contributed by atoms with van der Waals surface area (Å²) in [6.07, 6.45) is 2.77. The van der Waals surface area contributed by atoms with Crippen LogP contribution in [0.3, 0.4) is 0 Å². The average Bonchev–Trinajstić information content (AvgIpc) is 2.35. The number of hydrogen-bond acceptors (Lipinski definition) is 1. The first-order valence-corrected chi connectivity index (χ1v) is 5.98. The van der Waals surface area contributed by atoms with Gasteiger partial charge in [0.25, 0.3) is 0 Å². The van der Waals surface area contributed by atoms with Crippen molar-refractivity contribution in [1.29, 1.82) is 0 Å². The third-order valence-corrected chi connectivity index (χ3v) is 4.10. The van der Waals surface area contributed by atoms with Crippen molar-refractivity contribution in [3.63, 3.8) is 0 Å². The summed E-state index contributed by atoms with van der Waals surface area (Å²) in [5.74, 6) is 6.29. The van der Waals surface area contributed by atoms with Gasteiger partial charge in [-0.15, -0.1) is 10.7 Å². The molecule has 11 heavy (non-hydrogen) atoms. The molecule has 1 unspecified atom stereocenters. The van der Waals surface area contributed by atoms with E-state index in [2.05, 4.69) is 24.0 Å². The minimum atomic E-state index is 0.308. The van der Waals surface area contributed by atoms with Crippen molar-refractivity contribution in [2.45, 2.75) is 26.7 Å². The highest BCUT2D eigenvalue weighted by molar-refractivity contribution is 8.12. The van der Waals surface area contributed by atoms with Gasteiger partial charge in [0.2, 0.25) is 0 Å². The minimum Gasteiger partial charge on any atom is -0.257 e. The molecule has 1 aliphatic heterocycles. The van der Waals surface area contributed by atoms with Gasteiger partial charge in [0.1, 0.15) is 0 Å². The van der Waals surface area contributed by atoms with Gasteiger partial charge in [-0.3, -0.25) is 4.31 Å². The van der Waals surface area contributed by atoms with E-state index in [4.69, 9.17) is 0 Å². The van der Waals surface area contributed by atoms with Gasteiger partial charge < -0.3 is 0 Å². The molecule has 0 radical (unpaired) electrons. The Kier molecular flexibility index (Phi) is 3.60. The zero-order valence-electron chi connectivity index (χ0n) is 7.68. The molecule has 0 aliphatic carbocycles. The summed E-state index contributed by atoms with van der Waals surface area (Å²) < 4.78 is 2.54. The summed E-state index contributed by atoms with van der Waals surface area (Å²) in [4.78, 5) is 0. The third-order valence-electron chi connectivity index (χ3n) is 1.96. The Morgan fingerprint density at radius 3 is 2.36 bits per heavy atom.